The normalized spacial score (nSPS) is 10.3. The van der Waals surface area contributed by atoms with Crippen LogP contribution in [0.1, 0.15) is 31.6 Å². The Morgan fingerprint density at radius 2 is 2.04 bits per heavy atom. The summed E-state index contributed by atoms with van der Waals surface area (Å²) < 4.78 is 10.3. The van der Waals surface area contributed by atoms with Crippen LogP contribution in [0.25, 0.3) is 0 Å². The molecule has 0 aliphatic heterocycles. The molecule has 1 heterocycles. The molecule has 0 unspecified atom stereocenters. The van der Waals surface area contributed by atoms with E-state index in [4.69, 9.17) is 9.15 Å². The Morgan fingerprint density at radius 1 is 1.20 bits per heavy atom. The molecule has 0 radical (unpaired) electrons. The van der Waals surface area contributed by atoms with Crippen molar-refractivity contribution in [3.8, 4) is 0 Å². The number of hydrogen-bond donors (Lipinski definition) is 1. The summed E-state index contributed by atoms with van der Waals surface area (Å²) in [5.41, 5.74) is 1.87. The maximum Gasteiger partial charge on any atom is 0.322 e. The van der Waals surface area contributed by atoms with Gasteiger partial charge in [0.1, 0.15) is 5.76 Å². The molecule has 2 amide bonds. The summed E-state index contributed by atoms with van der Waals surface area (Å²) in [6, 6.07) is 11.0. The number of esters is 1. The Balaban J connectivity index is 2.03. The van der Waals surface area contributed by atoms with Crippen LogP contribution >= 0.6 is 0 Å². The summed E-state index contributed by atoms with van der Waals surface area (Å²) in [6.45, 7) is 4.67. The lowest BCUT2D eigenvalue weighted by molar-refractivity contribution is -0.143. The van der Waals surface area contributed by atoms with Gasteiger partial charge in [-0.2, -0.15) is 0 Å². The second kappa shape index (κ2) is 9.52. The van der Waals surface area contributed by atoms with E-state index in [-0.39, 0.29) is 31.5 Å². The first-order valence-electron chi connectivity index (χ1n) is 8.45. The minimum Gasteiger partial charge on any atom is -0.467 e. The molecule has 2 aromatic rings. The van der Waals surface area contributed by atoms with Crippen molar-refractivity contribution in [1.29, 1.82) is 0 Å². The molecule has 2 rings (SSSR count). The molecule has 6 nitrogen and oxygen atoms in total. The van der Waals surface area contributed by atoms with Gasteiger partial charge in [0.2, 0.25) is 0 Å². The largest absolute Gasteiger partial charge is 0.467 e. The molecule has 1 aromatic carbocycles. The molecule has 0 aliphatic rings. The summed E-state index contributed by atoms with van der Waals surface area (Å²) in [6.07, 6.45) is 2.58. The van der Waals surface area contributed by atoms with Gasteiger partial charge in [0, 0.05) is 12.2 Å². The average molecular weight is 344 g/mol. The van der Waals surface area contributed by atoms with Crippen LogP contribution in [-0.2, 0) is 22.5 Å². The van der Waals surface area contributed by atoms with Crippen molar-refractivity contribution in [3.05, 3.63) is 54.0 Å². The fourth-order valence-electron chi connectivity index (χ4n) is 2.37. The van der Waals surface area contributed by atoms with Crippen LogP contribution in [0, 0.1) is 0 Å². The molecule has 0 fully saturated rings. The van der Waals surface area contributed by atoms with Gasteiger partial charge in [-0.25, -0.2) is 4.79 Å². The average Bonchev–Trinajstić information content (AvgIpc) is 3.12. The molecule has 0 saturated heterocycles. The van der Waals surface area contributed by atoms with Crippen molar-refractivity contribution in [2.24, 2.45) is 0 Å². The van der Waals surface area contributed by atoms with E-state index in [0.29, 0.717) is 12.4 Å². The quantitative estimate of drug-likeness (QED) is 0.739. The minimum atomic E-state index is -0.326. The second-order valence-corrected chi connectivity index (χ2v) is 5.54. The number of aryl methyl sites for hydroxylation is 1. The highest BCUT2D eigenvalue weighted by molar-refractivity contribution is 5.89. The number of nitrogens with one attached hydrogen (secondary N) is 1. The number of hydrogen-bond acceptors (Lipinski definition) is 4. The van der Waals surface area contributed by atoms with Crippen LogP contribution in [-0.4, -0.2) is 30.1 Å². The Hall–Kier alpha value is -2.76. The van der Waals surface area contributed by atoms with Gasteiger partial charge in [-0.3, -0.25) is 4.79 Å². The first-order chi connectivity index (χ1) is 12.1. The van der Waals surface area contributed by atoms with Gasteiger partial charge in [0.15, 0.2) is 0 Å². The van der Waals surface area contributed by atoms with E-state index in [0.717, 1.165) is 17.7 Å². The predicted octanol–water partition coefficient (Wildman–Crippen LogP) is 3.83. The van der Waals surface area contributed by atoms with Gasteiger partial charge in [-0.05, 0) is 43.2 Å². The molecule has 6 heteroatoms. The summed E-state index contributed by atoms with van der Waals surface area (Å²) in [4.78, 5) is 25.8. The van der Waals surface area contributed by atoms with E-state index < -0.39 is 0 Å². The number of benzene rings is 1. The molecule has 0 spiro atoms. The molecule has 0 aliphatic carbocycles. The number of ether oxygens (including phenoxy) is 1. The van der Waals surface area contributed by atoms with E-state index in [1.807, 2.05) is 24.3 Å². The highest BCUT2D eigenvalue weighted by atomic mass is 16.5. The van der Waals surface area contributed by atoms with Crippen molar-refractivity contribution in [3.63, 3.8) is 0 Å². The highest BCUT2D eigenvalue weighted by Crippen LogP contribution is 2.14. The van der Waals surface area contributed by atoms with Gasteiger partial charge < -0.3 is 19.4 Å². The third-order valence-corrected chi connectivity index (χ3v) is 3.69. The summed E-state index contributed by atoms with van der Waals surface area (Å²) >= 11 is 0. The third-order valence-electron chi connectivity index (χ3n) is 3.69. The first-order valence-corrected chi connectivity index (χ1v) is 8.45. The zero-order chi connectivity index (χ0) is 18.1. The Morgan fingerprint density at radius 3 is 2.72 bits per heavy atom. The monoisotopic (exact) mass is 344 g/mol. The second-order valence-electron chi connectivity index (χ2n) is 5.54. The molecule has 0 bridgehead atoms. The van der Waals surface area contributed by atoms with Crippen molar-refractivity contribution in [2.45, 2.75) is 33.2 Å². The molecule has 1 aromatic heterocycles. The van der Waals surface area contributed by atoms with Crippen LogP contribution in [0.5, 0.6) is 0 Å². The number of carbonyl (C=O) groups is 2. The number of rotatable bonds is 8. The van der Waals surface area contributed by atoms with Crippen LogP contribution in [0.4, 0.5) is 10.5 Å². The number of amides is 2. The molecule has 134 valence electrons. The van der Waals surface area contributed by atoms with Gasteiger partial charge >= 0.3 is 12.0 Å². The lowest BCUT2D eigenvalue weighted by Gasteiger charge is -2.22. The number of nitrogens with zero attached hydrogens (tertiary/aromatic N) is 1. The van der Waals surface area contributed by atoms with Crippen LogP contribution in [0.2, 0.25) is 0 Å². The van der Waals surface area contributed by atoms with E-state index in [1.54, 1.807) is 25.3 Å². The van der Waals surface area contributed by atoms with Gasteiger partial charge in [-0.1, -0.05) is 19.1 Å². The van der Waals surface area contributed by atoms with Crippen LogP contribution in [0.3, 0.4) is 0 Å². The number of anilines is 1. The van der Waals surface area contributed by atoms with Crippen molar-refractivity contribution >= 4 is 17.7 Å². The molecule has 1 N–H and O–H groups in total. The minimum absolute atomic E-state index is 0.136. The highest BCUT2D eigenvalue weighted by Gasteiger charge is 2.17. The van der Waals surface area contributed by atoms with Gasteiger partial charge in [0.25, 0.3) is 0 Å². The maximum absolute atomic E-state index is 12.6. The molecule has 25 heavy (non-hydrogen) atoms. The SMILES string of the molecule is CCOC(=O)CCN(Cc1ccco1)C(=O)Nc1cccc(CC)c1. The molecular weight excluding hydrogens is 320 g/mol. The fraction of sp³-hybridized carbons (Fsp3) is 0.368. The van der Waals surface area contributed by atoms with E-state index in [1.165, 1.54) is 4.90 Å². The topological polar surface area (TPSA) is 71.8 Å². The van der Waals surface area contributed by atoms with Crippen molar-refractivity contribution in [2.75, 3.05) is 18.5 Å². The Kier molecular flexibility index (Phi) is 7.07. The number of furan rings is 1. The van der Waals surface area contributed by atoms with E-state index in [9.17, 15) is 9.59 Å². The molecular formula is C19H24N2O4. The Labute approximate surface area is 147 Å². The van der Waals surface area contributed by atoms with Crippen molar-refractivity contribution < 1.29 is 18.7 Å². The summed E-state index contributed by atoms with van der Waals surface area (Å²) in [7, 11) is 0. The number of urea groups is 1. The van der Waals surface area contributed by atoms with E-state index >= 15 is 0 Å². The lowest BCUT2D eigenvalue weighted by Crippen LogP contribution is -2.36. The Bertz CT molecular complexity index is 682. The third kappa shape index (κ3) is 5.99. The van der Waals surface area contributed by atoms with Crippen LogP contribution in [0.15, 0.2) is 47.1 Å². The summed E-state index contributed by atoms with van der Waals surface area (Å²) in [5.74, 6) is 0.328. The fourth-order valence-corrected chi connectivity index (χ4v) is 2.37. The molecule has 0 atom stereocenters. The summed E-state index contributed by atoms with van der Waals surface area (Å²) in [5, 5.41) is 2.88. The molecule has 0 saturated carbocycles. The standard InChI is InChI=1S/C19H24N2O4/c1-3-15-7-5-8-16(13-15)20-19(23)21(11-10-18(22)24-4-2)14-17-9-6-12-25-17/h5-9,12-13H,3-4,10-11,14H2,1-2H3,(H,20,23). The van der Waals surface area contributed by atoms with Crippen LogP contribution < -0.4 is 5.32 Å². The number of carbonyl (C=O) groups excluding carboxylic acids is 2. The zero-order valence-electron chi connectivity index (χ0n) is 14.7. The maximum atomic E-state index is 12.6. The van der Waals surface area contributed by atoms with Gasteiger partial charge in [0.05, 0.1) is 25.8 Å². The lowest BCUT2D eigenvalue weighted by atomic mass is 10.1. The van der Waals surface area contributed by atoms with Crippen molar-refractivity contribution in [1.82, 2.24) is 4.90 Å². The predicted molar refractivity (Wildman–Crippen MR) is 95.2 cm³/mol. The van der Waals surface area contributed by atoms with Gasteiger partial charge in [-0.15, -0.1) is 0 Å². The van der Waals surface area contributed by atoms with E-state index in [2.05, 4.69) is 12.2 Å². The smallest absolute Gasteiger partial charge is 0.322 e. The zero-order valence-corrected chi connectivity index (χ0v) is 14.7. The first kappa shape index (κ1) is 18.6.